The van der Waals surface area contributed by atoms with Crippen LogP contribution in [0.5, 0.6) is 5.75 Å². The van der Waals surface area contributed by atoms with Crippen LogP contribution >= 0.6 is 0 Å². The van der Waals surface area contributed by atoms with Gasteiger partial charge >= 0.3 is 5.97 Å². The molecule has 82 valence electrons. The Morgan fingerprint density at radius 3 is 2.80 bits per heavy atom. The predicted molar refractivity (Wildman–Crippen MR) is 53.5 cm³/mol. The van der Waals surface area contributed by atoms with Crippen molar-refractivity contribution in [1.29, 1.82) is 0 Å². The third-order valence-electron chi connectivity index (χ3n) is 2.04. The molecule has 0 saturated heterocycles. The van der Waals surface area contributed by atoms with Crippen molar-refractivity contribution >= 4 is 5.97 Å². The van der Waals surface area contributed by atoms with Crippen LogP contribution in [0.2, 0.25) is 0 Å². The van der Waals surface area contributed by atoms with Crippen LogP contribution in [0, 0.1) is 0 Å². The van der Waals surface area contributed by atoms with Crippen LogP contribution in [0.15, 0.2) is 18.2 Å². The molecule has 15 heavy (non-hydrogen) atoms. The van der Waals surface area contributed by atoms with Crippen LogP contribution in [-0.2, 0) is 4.74 Å². The average molecular weight is 211 g/mol. The fourth-order valence-electron chi connectivity index (χ4n) is 1.19. The molecule has 0 fully saturated rings. The second kappa shape index (κ2) is 4.77. The molecule has 1 aromatic carbocycles. The number of hydrogen-bond donors (Lipinski definition) is 3. The number of aromatic hydroxyl groups is 1. The van der Waals surface area contributed by atoms with E-state index in [0.29, 0.717) is 5.56 Å². The Morgan fingerprint density at radius 2 is 2.27 bits per heavy atom. The molecule has 0 aliphatic rings. The maximum absolute atomic E-state index is 11.2. The topological polar surface area (TPSA) is 92.8 Å². The normalized spacial score (nSPS) is 12.2. The van der Waals surface area contributed by atoms with Crippen molar-refractivity contribution in [3.05, 3.63) is 29.3 Å². The molecule has 0 heterocycles. The number of methoxy groups -OCH3 is 1. The van der Waals surface area contributed by atoms with Gasteiger partial charge in [0.25, 0.3) is 0 Å². The molecule has 0 aliphatic heterocycles. The van der Waals surface area contributed by atoms with Crippen molar-refractivity contribution in [2.45, 2.75) is 6.04 Å². The first-order chi connectivity index (χ1) is 7.10. The van der Waals surface area contributed by atoms with Gasteiger partial charge in [-0.25, -0.2) is 4.79 Å². The number of phenolic OH excluding ortho intramolecular Hbond substituents is 1. The van der Waals surface area contributed by atoms with E-state index in [0.717, 1.165) is 0 Å². The van der Waals surface area contributed by atoms with Gasteiger partial charge in [0.1, 0.15) is 5.75 Å². The number of rotatable bonds is 3. The molecular weight excluding hydrogens is 198 g/mol. The summed E-state index contributed by atoms with van der Waals surface area (Å²) in [5.41, 5.74) is 6.15. The minimum absolute atomic E-state index is 0.0517. The summed E-state index contributed by atoms with van der Waals surface area (Å²) >= 11 is 0. The lowest BCUT2D eigenvalue weighted by atomic mass is 10.0. The fourth-order valence-corrected chi connectivity index (χ4v) is 1.19. The number of phenols is 1. The third kappa shape index (κ3) is 2.45. The van der Waals surface area contributed by atoms with Gasteiger partial charge in [-0.3, -0.25) is 0 Å². The number of esters is 1. The lowest BCUT2D eigenvalue weighted by molar-refractivity contribution is 0.0600. The molecule has 0 saturated carbocycles. The summed E-state index contributed by atoms with van der Waals surface area (Å²) in [4.78, 5) is 11.2. The smallest absolute Gasteiger partial charge is 0.337 e. The number of nitrogens with two attached hydrogens (primary N) is 1. The third-order valence-corrected chi connectivity index (χ3v) is 2.04. The predicted octanol–water partition coefficient (Wildman–Crippen LogP) is 0.171. The number of aliphatic hydroxyl groups excluding tert-OH is 1. The van der Waals surface area contributed by atoms with E-state index in [1.807, 2.05) is 0 Å². The number of carbonyl (C=O) groups excluding carboxylic acids is 1. The van der Waals surface area contributed by atoms with Gasteiger partial charge in [0.05, 0.1) is 25.3 Å². The first kappa shape index (κ1) is 11.5. The second-order valence-electron chi connectivity index (χ2n) is 3.05. The van der Waals surface area contributed by atoms with Gasteiger partial charge in [0.15, 0.2) is 0 Å². The highest BCUT2D eigenvalue weighted by Crippen LogP contribution is 2.23. The number of hydrogen-bond acceptors (Lipinski definition) is 5. The van der Waals surface area contributed by atoms with Gasteiger partial charge in [-0.05, 0) is 18.2 Å². The zero-order valence-corrected chi connectivity index (χ0v) is 8.30. The summed E-state index contributed by atoms with van der Waals surface area (Å²) in [5, 5.41) is 18.3. The Balaban J connectivity index is 3.10. The highest BCUT2D eigenvalue weighted by atomic mass is 16.5. The summed E-state index contributed by atoms with van der Waals surface area (Å²) in [6, 6.07) is 3.46. The summed E-state index contributed by atoms with van der Waals surface area (Å²) in [6.07, 6.45) is 0. The van der Waals surface area contributed by atoms with Crippen molar-refractivity contribution in [1.82, 2.24) is 0 Å². The largest absolute Gasteiger partial charge is 0.508 e. The molecule has 0 spiro atoms. The molecular formula is C10H13NO4. The molecule has 5 heteroatoms. The van der Waals surface area contributed by atoms with Crippen molar-refractivity contribution in [2.75, 3.05) is 13.7 Å². The molecule has 1 aromatic rings. The summed E-state index contributed by atoms with van der Waals surface area (Å²) in [6.45, 7) is -0.307. The molecule has 0 unspecified atom stereocenters. The van der Waals surface area contributed by atoms with Crippen molar-refractivity contribution in [3.8, 4) is 5.75 Å². The van der Waals surface area contributed by atoms with Crippen LogP contribution in [0.4, 0.5) is 0 Å². The maximum Gasteiger partial charge on any atom is 0.337 e. The van der Waals surface area contributed by atoms with Gasteiger partial charge in [0, 0.05) is 5.56 Å². The van der Waals surface area contributed by atoms with Crippen LogP contribution in [0.25, 0.3) is 0 Å². The first-order valence-corrected chi connectivity index (χ1v) is 4.37. The highest BCUT2D eigenvalue weighted by molar-refractivity contribution is 5.89. The van der Waals surface area contributed by atoms with Crippen molar-refractivity contribution in [3.63, 3.8) is 0 Å². The SMILES string of the molecule is COC(=O)c1ccc(O)c([C@H](N)CO)c1. The fraction of sp³-hybridized carbons (Fsp3) is 0.300. The van der Waals surface area contributed by atoms with E-state index in [2.05, 4.69) is 4.74 Å². The van der Waals surface area contributed by atoms with Gasteiger partial charge < -0.3 is 20.7 Å². The van der Waals surface area contributed by atoms with Gasteiger partial charge in [-0.1, -0.05) is 0 Å². The zero-order valence-electron chi connectivity index (χ0n) is 8.30. The number of ether oxygens (including phenoxy) is 1. The lowest BCUT2D eigenvalue weighted by Gasteiger charge is -2.11. The van der Waals surface area contributed by atoms with Gasteiger partial charge in [0.2, 0.25) is 0 Å². The number of benzene rings is 1. The maximum atomic E-state index is 11.2. The van der Waals surface area contributed by atoms with E-state index in [9.17, 15) is 9.90 Å². The Bertz CT molecular complexity index is 364. The van der Waals surface area contributed by atoms with Crippen LogP contribution < -0.4 is 5.73 Å². The summed E-state index contributed by atoms with van der Waals surface area (Å²) in [5.74, 6) is -0.564. The molecule has 0 bridgehead atoms. The molecule has 1 atom stereocenters. The Morgan fingerprint density at radius 1 is 1.60 bits per heavy atom. The molecule has 4 N–H and O–H groups in total. The highest BCUT2D eigenvalue weighted by Gasteiger charge is 2.13. The minimum atomic E-state index is -0.713. The monoisotopic (exact) mass is 211 g/mol. The quantitative estimate of drug-likeness (QED) is 0.620. The zero-order chi connectivity index (χ0) is 11.4. The second-order valence-corrected chi connectivity index (χ2v) is 3.05. The van der Waals surface area contributed by atoms with Crippen LogP contribution in [0.1, 0.15) is 22.0 Å². The molecule has 0 aliphatic carbocycles. The lowest BCUT2D eigenvalue weighted by Crippen LogP contribution is -2.15. The summed E-state index contributed by atoms with van der Waals surface area (Å²) in [7, 11) is 1.26. The van der Waals surface area contributed by atoms with Crippen molar-refractivity contribution in [2.24, 2.45) is 5.73 Å². The number of carbonyl (C=O) groups is 1. The van der Waals surface area contributed by atoms with Gasteiger partial charge in [-0.2, -0.15) is 0 Å². The number of aliphatic hydroxyl groups is 1. The van der Waals surface area contributed by atoms with E-state index in [1.54, 1.807) is 0 Å². The van der Waals surface area contributed by atoms with E-state index >= 15 is 0 Å². The van der Waals surface area contributed by atoms with E-state index in [4.69, 9.17) is 10.8 Å². The van der Waals surface area contributed by atoms with Crippen LogP contribution in [-0.4, -0.2) is 29.9 Å². The summed E-state index contributed by atoms with van der Waals surface area (Å²) < 4.78 is 4.52. The average Bonchev–Trinajstić information content (AvgIpc) is 2.27. The first-order valence-electron chi connectivity index (χ1n) is 4.37. The standard InChI is InChI=1S/C10H13NO4/c1-15-10(14)6-2-3-9(13)7(4-6)8(11)5-12/h2-4,8,12-13H,5,11H2,1H3/t8-/m1/s1. The Labute approximate surface area is 87.1 Å². The van der Waals surface area contributed by atoms with E-state index in [-0.39, 0.29) is 17.9 Å². The van der Waals surface area contributed by atoms with Crippen molar-refractivity contribution < 1.29 is 19.7 Å². The molecule has 0 amide bonds. The Hall–Kier alpha value is -1.59. The molecule has 0 radical (unpaired) electrons. The molecule has 5 nitrogen and oxygen atoms in total. The van der Waals surface area contributed by atoms with Gasteiger partial charge in [-0.15, -0.1) is 0 Å². The Kier molecular flexibility index (Phi) is 3.65. The molecule has 0 aromatic heterocycles. The van der Waals surface area contributed by atoms with Crippen LogP contribution in [0.3, 0.4) is 0 Å². The molecule has 1 rings (SSSR count). The minimum Gasteiger partial charge on any atom is -0.508 e. The van der Waals surface area contributed by atoms with E-state index in [1.165, 1.54) is 25.3 Å². The van der Waals surface area contributed by atoms with E-state index < -0.39 is 12.0 Å².